The molecule has 170 valence electrons. The molecule has 0 fully saturated rings. The summed E-state index contributed by atoms with van der Waals surface area (Å²) in [4.78, 5) is 12.5. The molecule has 9 heteroatoms. The van der Waals surface area contributed by atoms with Crippen LogP contribution in [0.3, 0.4) is 0 Å². The Kier molecular flexibility index (Phi) is 6.71. The van der Waals surface area contributed by atoms with Gasteiger partial charge in [-0.05, 0) is 58.0 Å². The normalized spacial score (nSPS) is 13.1. The molecular weight excluding hydrogens is 441 g/mol. The minimum Gasteiger partial charge on any atom is -0.611 e. The Labute approximate surface area is 187 Å². The average molecular weight is 465 g/mol. The molecule has 0 unspecified atom stereocenters. The molecule has 5 nitrogen and oxygen atoms in total. The lowest BCUT2D eigenvalue weighted by Gasteiger charge is -2.26. The summed E-state index contributed by atoms with van der Waals surface area (Å²) in [6.07, 6.45) is -4.60. The summed E-state index contributed by atoms with van der Waals surface area (Å²) < 4.78 is 57.9. The number of hydrogen-bond acceptors (Lipinski definition) is 4. The van der Waals surface area contributed by atoms with Crippen LogP contribution in [-0.2, 0) is 26.9 Å². The van der Waals surface area contributed by atoms with Crippen molar-refractivity contribution in [1.29, 1.82) is 0 Å². The molecule has 0 aliphatic heterocycles. The highest BCUT2D eigenvalue weighted by atomic mass is 32.2. The Balaban J connectivity index is 2.00. The SMILES string of the molecule is CCOC(=O)C(C)(C)[S@+]([O-])c1ccc(-n2nc(C(F)(F)F)cc2-c2ccc(C)cc2)cc1. The summed E-state index contributed by atoms with van der Waals surface area (Å²) in [6, 6.07) is 14.2. The van der Waals surface area contributed by atoms with E-state index in [1.54, 1.807) is 19.1 Å². The van der Waals surface area contributed by atoms with E-state index in [0.29, 0.717) is 16.1 Å². The number of hydrogen-bond donors (Lipinski definition) is 0. The van der Waals surface area contributed by atoms with E-state index in [2.05, 4.69) is 5.10 Å². The van der Waals surface area contributed by atoms with Gasteiger partial charge in [-0.15, -0.1) is 0 Å². The summed E-state index contributed by atoms with van der Waals surface area (Å²) in [6.45, 7) is 6.76. The quantitative estimate of drug-likeness (QED) is 0.366. The fourth-order valence-corrected chi connectivity index (χ4v) is 4.22. The maximum Gasteiger partial charge on any atom is 0.435 e. The minimum atomic E-state index is -4.60. The van der Waals surface area contributed by atoms with Gasteiger partial charge in [-0.2, -0.15) is 18.3 Å². The summed E-state index contributed by atoms with van der Waals surface area (Å²) in [7, 11) is 0. The van der Waals surface area contributed by atoms with Crippen molar-refractivity contribution in [3.8, 4) is 16.9 Å². The summed E-state index contributed by atoms with van der Waals surface area (Å²) in [5.41, 5.74) is 1.19. The molecule has 0 saturated carbocycles. The Morgan fingerprint density at radius 3 is 2.22 bits per heavy atom. The zero-order chi connectivity index (χ0) is 23.7. The van der Waals surface area contributed by atoms with Gasteiger partial charge < -0.3 is 9.29 Å². The third-order valence-corrected chi connectivity index (χ3v) is 6.67. The van der Waals surface area contributed by atoms with E-state index in [-0.39, 0.29) is 12.3 Å². The molecule has 0 aliphatic rings. The van der Waals surface area contributed by atoms with Gasteiger partial charge in [0.1, 0.15) is 0 Å². The Bertz CT molecular complexity index is 1090. The van der Waals surface area contributed by atoms with Crippen LogP contribution in [0.5, 0.6) is 0 Å². The fourth-order valence-electron chi connectivity index (χ4n) is 3.03. The largest absolute Gasteiger partial charge is 0.611 e. The van der Waals surface area contributed by atoms with Crippen LogP contribution in [0.4, 0.5) is 13.2 Å². The molecule has 1 heterocycles. The van der Waals surface area contributed by atoms with Gasteiger partial charge in [0.05, 0.1) is 18.0 Å². The van der Waals surface area contributed by atoms with E-state index in [1.807, 2.05) is 19.1 Å². The minimum absolute atomic E-state index is 0.168. The fraction of sp³-hybridized carbons (Fsp3) is 0.304. The van der Waals surface area contributed by atoms with Gasteiger partial charge in [0, 0.05) is 16.7 Å². The maximum absolute atomic E-state index is 13.4. The Morgan fingerprint density at radius 1 is 1.09 bits per heavy atom. The van der Waals surface area contributed by atoms with Crippen molar-refractivity contribution in [1.82, 2.24) is 9.78 Å². The van der Waals surface area contributed by atoms with Crippen molar-refractivity contribution in [2.75, 3.05) is 6.61 Å². The molecule has 32 heavy (non-hydrogen) atoms. The lowest BCUT2D eigenvalue weighted by molar-refractivity contribution is -0.145. The first-order valence-electron chi connectivity index (χ1n) is 9.89. The number of ether oxygens (including phenoxy) is 1. The van der Waals surface area contributed by atoms with E-state index in [0.717, 1.165) is 11.6 Å². The highest BCUT2D eigenvalue weighted by Crippen LogP contribution is 2.34. The lowest BCUT2D eigenvalue weighted by atomic mass is 10.1. The third kappa shape index (κ3) is 4.83. The van der Waals surface area contributed by atoms with Crippen molar-refractivity contribution < 1.29 is 27.3 Å². The van der Waals surface area contributed by atoms with Gasteiger partial charge >= 0.3 is 12.1 Å². The van der Waals surface area contributed by atoms with E-state index in [9.17, 15) is 22.5 Å². The van der Waals surface area contributed by atoms with Crippen molar-refractivity contribution in [3.05, 3.63) is 65.9 Å². The van der Waals surface area contributed by atoms with Crippen LogP contribution in [0.25, 0.3) is 16.9 Å². The average Bonchev–Trinajstić information content (AvgIpc) is 3.20. The van der Waals surface area contributed by atoms with Crippen LogP contribution in [0.1, 0.15) is 32.0 Å². The number of carbonyl (C=O) groups is 1. The molecule has 0 spiro atoms. The van der Waals surface area contributed by atoms with Crippen molar-refractivity contribution in [2.24, 2.45) is 0 Å². The van der Waals surface area contributed by atoms with E-state index >= 15 is 0 Å². The third-order valence-electron chi connectivity index (χ3n) is 4.87. The summed E-state index contributed by atoms with van der Waals surface area (Å²) >= 11 is -1.73. The first kappa shape index (κ1) is 23.9. The second kappa shape index (κ2) is 8.99. The zero-order valence-electron chi connectivity index (χ0n) is 18.1. The summed E-state index contributed by atoms with van der Waals surface area (Å²) in [5.74, 6) is -0.592. The Morgan fingerprint density at radius 2 is 1.69 bits per heavy atom. The van der Waals surface area contributed by atoms with Crippen molar-refractivity contribution in [2.45, 2.75) is 43.5 Å². The molecule has 0 aliphatic carbocycles. The molecule has 3 rings (SSSR count). The number of carbonyl (C=O) groups excluding carboxylic acids is 1. The van der Waals surface area contributed by atoms with Gasteiger partial charge in [-0.1, -0.05) is 29.8 Å². The first-order valence-corrected chi connectivity index (χ1v) is 11.0. The highest BCUT2D eigenvalue weighted by molar-refractivity contribution is 7.93. The molecule has 0 amide bonds. The lowest BCUT2D eigenvalue weighted by Crippen LogP contribution is -2.42. The number of esters is 1. The van der Waals surface area contributed by atoms with Gasteiger partial charge in [-0.3, -0.25) is 0 Å². The molecule has 1 atom stereocenters. The topological polar surface area (TPSA) is 67.2 Å². The number of alkyl halides is 3. The van der Waals surface area contributed by atoms with Gasteiger partial charge in [0.15, 0.2) is 10.6 Å². The number of aryl methyl sites for hydroxylation is 1. The number of aromatic nitrogens is 2. The predicted molar refractivity (Wildman–Crippen MR) is 116 cm³/mol. The van der Waals surface area contributed by atoms with Crippen LogP contribution >= 0.6 is 0 Å². The van der Waals surface area contributed by atoms with Crippen molar-refractivity contribution in [3.63, 3.8) is 0 Å². The van der Waals surface area contributed by atoms with E-state index in [1.165, 1.54) is 42.8 Å². The molecule has 3 aromatic rings. The molecule has 0 bridgehead atoms. The zero-order valence-corrected chi connectivity index (χ0v) is 18.9. The number of nitrogens with zero attached hydrogens (tertiary/aromatic N) is 2. The highest BCUT2D eigenvalue weighted by Gasteiger charge is 2.43. The van der Waals surface area contributed by atoms with Gasteiger partial charge in [0.25, 0.3) is 0 Å². The molecule has 2 aromatic carbocycles. The monoisotopic (exact) mass is 464 g/mol. The molecule has 0 radical (unpaired) electrons. The smallest absolute Gasteiger partial charge is 0.435 e. The van der Waals surface area contributed by atoms with Crippen LogP contribution in [0.2, 0.25) is 0 Å². The maximum atomic E-state index is 13.4. The number of rotatable bonds is 6. The second-order valence-corrected chi connectivity index (χ2v) is 9.71. The van der Waals surface area contributed by atoms with E-state index in [4.69, 9.17) is 4.74 Å². The van der Waals surface area contributed by atoms with Crippen LogP contribution < -0.4 is 0 Å². The predicted octanol–water partition coefficient (Wildman–Crippen LogP) is 5.32. The summed E-state index contributed by atoms with van der Waals surface area (Å²) in [5, 5.41) is 3.77. The molecule has 1 aromatic heterocycles. The Hall–Kier alpha value is -2.78. The van der Waals surface area contributed by atoms with E-state index < -0.39 is 33.8 Å². The second-order valence-electron chi connectivity index (χ2n) is 7.68. The molecule has 0 saturated heterocycles. The van der Waals surface area contributed by atoms with Gasteiger partial charge in [-0.25, -0.2) is 9.48 Å². The molecule has 0 N–H and O–H groups in total. The van der Waals surface area contributed by atoms with Crippen LogP contribution in [0, 0.1) is 6.92 Å². The van der Waals surface area contributed by atoms with Crippen LogP contribution in [0.15, 0.2) is 59.5 Å². The molecular formula is C23H23F3N2O3S. The van der Waals surface area contributed by atoms with Gasteiger partial charge in [0.2, 0.25) is 4.75 Å². The number of halogens is 3. The first-order chi connectivity index (χ1) is 14.9. The standard InChI is InChI=1S/C23H23F3N2O3S/c1-5-31-21(29)22(3,4)32(30)18-12-10-17(11-13-18)28-19(14-20(27-28)23(24,25)26)16-8-6-15(2)7-9-16/h6-14H,5H2,1-4H3/t32-/m1/s1. The van der Waals surface area contributed by atoms with Crippen LogP contribution in [-0.4, -0.2) is 31.7 Å². The van der Waals surface area contributed by atoms with Crippen molar-refractivity contribution >= 4 is 17.1 Å². The number of benzene rings is 2.